The van der Waals surface area contributed by atoms with Crippen LogP contribution in [0.5, 0.6) is 0 Å². The molecule has 16 heavy (non-hydrogen) atoms. The molecule has 1 saturated carbocycles. The Morgan fingerprint density at radius 3 is 2.50 bits per heavy atom. The van der Waals surface area contributed by atoms with E-state index in [4.69, 9.17) is 0 Å². The van der Waals surface area contributed by atoms with E-state index in [9.17, 15) is 0 Å². The minimum absolute atomic E-state index is 0.427. The van der Waals surface area contributed by atoms with Gasteiger partial charge in [-0.05, 0) is 43.8 Å². The third-order valence-electron chi connectivity index (χ3n) is 3.05. The highest BCUT2D eigenvalue weighted by atomic mass is 32.2. The molecule has 1 aromatic carbocycles. The van der Waals surface area contributed by atoms with Gasteiger partial charge in [-0.15, -0.1) is 11.8 Å². The zero-order valence-corrected chi connectivity index (χ0v) is 10.8. The summed E-state index contributed by atoms with van der Waals surface area (Å²) >= 11 is 1.79. The van der Waals surface area contributed by atoms with Gasteiger partial charge in [0, 0.05) is 23.5 Å². The molecule has 88 valence electrons. The lowest BCUT2D eigenvalue weighted by molar-refractivity contribution is 0.526. The normalized spacial score (nSPS) is 17.4. The fourth-order valence-corrected chi connectivity index (χ4v) is 2.20. The average Bonchev–Trinajstić information content (AvgIpc) is 3.15. The van der Waals surface area contributed by atoms with Gasteiger partial charge in [0.2, 0.25) is 0 Å². The first kappa shape index (κ1) is 12.0. The number of rotatable bonds is 6. The summed E-state index contributed by atoms with van der Waals surface area (Å²) in [6, 6.07) is 10.0. The Balaban J connectivity index is 1.94. The van der Waals surface area contributed by atoms with Gasteiger partial charge in [0.25, 0.3) is 0 Å². The minimum atomic E-state index is 0.427. The van der Waals surface area contributed by atoms with Gasteiger partial charge < -0.3 is 10.6 Å². The number of benzene rings is 1. The molecule has 0 aromatic heterocycles. The van der Waals surface area contributed by atoms with Gasteiger partial charge in [-0.3, -0.25) is 0 Å². The van der Waals surface area contributed by atoms with E-state index in [0.717, 1.165) is 12.6 Å². The Morgan fingerprint density at radius 2 is 2.00 bits per heavy atom. The predicted molar refractivity (Wildman–Crippen MR) is 71.0 cm³/mol. The smallest absolute Gasteiger partial charge is 0.0444 e. The highest BCUT2D eigenvalue weighted by molar-refractivity contribution is 7.98. The summed E-state index contributed by atoms with van der Waals surface area (Å²) in [6.07, 6.45) is 4.81. The van der Waals surface area contributed by atoms with Crippen LogP contribution in [0.15, 0.2) is 29.2 Å². The number of hydrogen-bond donors (Lipinski definition) is 2. The molecule has 2 nitrogen and oxygen atoms in total. The molecule has 1 aliphatic carbocycles. The topological polar surface area (TPSA) is 24.1 Å². The van der Waals surface area contributed by atoms with E-state index in [2.05, 4.69) is 41.2 Å². The van der Waals surface area contributed by atoms with Gasteiger partial charge in [-0.2, -0.15) is 0 Å². The zero-order valence-electron chi connectivity index (χ0n) is 9.99. The number of thioether (sulfide) groups is 1. The van der Waals surface area contributed by atoms with Crippen LogP contribution < -0.4 is 10.6 Å². The maximum absolute atomic E-state index is 3.57. The Hall–Kier alpha value is -0.510. The van der Waals surface area contributed by atoms with Crippen LogP contribution in [-0.4, -0.2) is 25.9 Å². The number of hydrogen-bond acceptors (Lipinski definition) is 3. The summed E-state index contributed by atoms with van der Waals surface area (Å²) in [7, 11) is 2.03. The zero-order chi connectivity index (χ0) is 11.4. The van der Waals surface area contributed by atoms with E-state index in [1.165, 1.54) is 23.3 Å². The largest absolute Gasteiger partial charge is 0.312 e. The Bertz CT molecular complexity index is 319. The van der Waals surface area contributed by atoms with E-state index >= 15 is 0 Å². The van der Waals surface area contributed by atoms with Crippen molar-refractivity contribution in [3.63, 3.8) is 0 Å². The summed E-state index contributed by atoms with van der Waals surface area (Å²) in [6.45, 7) is 1.03. The molecule has 0 aliphatic heterocycles. The molecule has 0 spiro atoms. The first-order valence-electron chi connectivity index (χ1n) is 5.88. The molecule has 2 N–H and O–H groups in total. The molecule has 0 saturated heterocycles. The fraction of sp³-hybridized carbons (Fsp3) is 0.538. The lowest BCUT2D eigenvalue weighted by atomic mass is 10.1. The number of nitrogens with one attached hydrogen (secondary N) is 2. The molecule has 0 radical (unpaired) electrons. The van der Waals surface area contributed by atoms with Crippen molar-refractivity contribution in [3.8, 4) is 0 Å². The van der Waals surface area contributed by atoms with Crippen LogP contribution in [0.2, 0.25) is 0 Å². The standard InChI is InChI=1S/C13H20N2S/c1-14-13(9-15-11-5-6-11)10-3-7-12(16-2)8-4-10/h3-4,7-8,11,13-15H,5-6,9H2,1-2H3. The van der Waals surface area contributed by atoms with Crippen molar-refractivity contribution in [1.82, 2.24) is 10.6 Å². The van der Waals surface area contributed by atoms with E-state index in [1.807, 2.05) is 7.05 Å². The highest BCUT2D eigenvalue weighted by Crippen LogP contribution is 2.21. The molecule has 3 heteroatoms. The summed E-state index contributed by atoms with van der Waals surface area (Å²) in [5, 5.41) is 6.94. The predicted octanol–water partition coefficient (Wildman–Crippen LogP) is 2.42. The van der Waals surface area contributed by atoms with Gasteiger partial charge in [-0.25, -0.2) is 0 Å². The molecule has 2 rings (SSSR count). The second kappa shape index (κ2) is 5.71. The summed E-state index contributed by atoms with van der Waals surface area (Å²) in [4.78, 5) is 1.33. The fourth-order valence-electron chi connectivity index (χ4n) is 1.79. The van der Waals surface area contributed by atoms with Crippen LogP contribution in [0, 0.1) is 0 Å². The van der Waals surface area contributed by atoms with Crippen molar-refractivity contribution in [3.05, 3.63) is 29.8 Å². The summed E-state index contributed by atoms with van der Waals surface area (Å²) in [5.41, 5.74) is 1.37. The van der Waals surface area contributed by atoms with Crippen molar-refractivity contribution in [2.45, 2.75) is 29.8 Å². The SMILES string of the molecule is CNC(CNC1CC1)c1ccc(SC)cc1. The molecule has 1 fully saturated rings. The van der Waals surface area contributed by atoms with Gasteiger partial charge in [-0.1, -0.05) is 12.1 Å². The highest BCUT2D eigenvalue weighted by Gasteiger charge is 2.21. The van der Waals surface area contributed by atoms with Crippen molar-refractivity contribution >= 4 is 11.8 Å². The van der Waals surface area contributed by atoms with Crippen molar-refractivity contribution in [2.24, 2.45) is 0 Å². The Morgan fingerprint density at radius 1 is 1.31 bits per heavy atom. The molecular formula is C13H20N2S. The Kier molecular flexibility index (Phi) is 4.27. The number of likely N-dealkylation sites (N-methyl/N-ethyl adjacent to an activating group) is 1. The molecular weight excluding hydrogens is 216 g/mol. The van der Waals surface area contributed by atoms with Crippen molar-refractivity contribution in [1.29, 1.82) is 0 Å². The molecule has 1 aliphatic rings. The van der Waals surface area contributed by atoms with Gasteiger partial charge in [0.05, 0.1) is 0 Å². The van der Waals surface area contributed by atoms with Crippen molar-refractivity contribution in [2.75, 3.05) is 19.8 Å². The van der Waals surface area contributed by atoms with Crippen LogP contribution in [-0.2, 0) is 0 Å². The second-order valence-corrected chi connectivity index (χ2v) is 5.18. The molecule has 1 unspecified atom stereocenters. The minimum Gasteiger partial charge on any atom is -0.312 e. The van der Waals surface area contributed by atoms with E-state index in [-0.39, 0.29) is 0 Å². The third-order valence-corrected chi connectivity index (χ3v) is 3.80. The van der Waals surface area contributed by atoms with E-state index in [1.54, 1.807) is 11.8 Å². The van der Waals surface area contributed by atoms with E-state index in [0.29, 0.717) is 6.04 Å². The monoisotopic (exact) mass is 236 g/mol. The van der Waals surface area contributed by atoms with Crippen LogP contribution in [0.3, 0.4) is 0 Å². The van der Waals surface area contributed by atoms with E-state index < -0.39 is 0 Å². The van der Waals surface area contributed by atoms with Gasteiger partial charge >= 0.3 is 0 Å². The average molecular weight is 236 g/mol. The Labute approximate surface area is 102 Å². The summed E-state index contributed by atoms with van der Waals surface area (Å²) in [5.74, 6) is 0. The van der Waals surface area contributed by atoms with Gasteiger partial charge in [0.15, 0.2) is 0 Å². The van der Waals surface area contributed by atoms with Crippen LogP contribution >= 0.6 is 11.8 Å². The lowest BCUT2D eigenvalue weighted by Gasteiger charge is -2.17. The van der Waals surface area contributed by atoms with Crippen LogP contribution in [0.1, 0.15) is 24.4 Å². The van der Waals surface area contributed by atoms with Crippen molar-refractivity contribution < 1.29 is 0 Å². The second-order valence-electron chi connectivity index (χ2n) is 4.30. The first-order chi connectivity index (χ1) is 7.83. The molecule has 0 heterocycles. The van der Waals surface area contributed by atoms with Gasteiger partial charge in [0.1, 0.15) is 0 Å². The maximum Gasteiger partial charge on any atom is 0.0444 e. The molecule has 1 aromatic rings. The lowest BCUT2D eigenvalue weighted by Crippen LogP contribution is -2.30. The quantitative estimate of drug-likeness (QED) is 0.742. The molecule has 0 bridgehead atoms. The first-order valence-corrected chi connectivity index (χ1v) is 7.10. The summed E-state index contributed by atoms with van der Waals surface area (Å²) < 4.78 is 0. The third kappa shape index (κ3) is 3.24. The maximum atomic E-state index is 3.57. The molecule has 1 atom stereocenters. The van der Waals surface area contributed by atoms with Crippen LogP contribution in [0.25, 0.3) is 0 Å². The van der Waals surface area contributed by atoms with Crippen LogP contribution in [0.4, 0.5) is 0 Å². The molecule has 0 amide bonds.